The maximum Gasteiger partial charge on any atom is 0.255 e. The molecule has 0 saturated carbocycles. The number of nitrogens with one attached hydrogen (secondary N) is 1. The van der Waals surface area contributed by atoms with E-state index in [0.29, 0.717) is 5.56 Å². The average molecular weight is 429 g/mol. The van der Waals surface area contributed by atoms with Gasteiger partial charge in [0.15, 0.2) is 0 Å². The molecule has 2 amide bonds. The summed E-state index contributed by atoms with van der Waals surface area (Å²) in [6.45, 7) is 9.92. The van der Waals surface area contributed by atoms with Crippen molar-refractivity contribution >= 4 is 33.2 Å². The predicted molar refractivity (Wildman–Crippen MR) is 119 cm³/mol. The first-order valence-electron chi connectivity index (χ1n) is 10.1. The minimum Gasteiger partial charge on any atom is -0.321 e. The van der Waals surface area contributed by atoms with Gasteiger partial charge in [0.2, 0.25) is 15.9 Å². The van der Waals surface area contributed by atoms with E-state index in [-0.39, 0.29) is 29.2 Å². The molecule has 0 spiro atoms. The van der Waals surface area contributed by atoms with Crippen LogP contribution >= 0.6 is 0 Å². The van der Waals surface area contributed by atoms with Crippen molar-refractivity contribution in [2.24, 2.45) is 5.92 Å². The highest BCUT2D eigenvalue weighted by Crippen LogP contribution is 2.33. The quantitative estimate of drug-likeness (QED) is 0.760. The van der Waals surface area contributed by atoms with Gasteiger partial charge in [-0.15, -0.1) is 0 Å². The summed E-state index contributed by atoms with van der Waals surface area (Å²) >= 11 is 0. The molecule has 2 aromatic carbocycles. The summed E-state index contributed by atoms with van der Waals surface area (Å²) in [6, 6.07) is 12.1. The molecule has 1 N–H and O–H groups in total. The van der Waals surface area contributed by atoms with Crippen molar-refractivity contribution in [1.29, 1.82) is 0 Å². The largest absolute Gasteiger partial charge is 0.321 e. The van der Waals surface area contributed by atoms with Crippen molar-refractivity contribution in [3.05, 3.63) is 59.2 Å². The van der Waals surface area contributed by atoms with Gasteiger partial charge in [0.25, 0.3) is 5.91 Å². The molecule has 1 saturated heterocycles. The fraction of sp³-hybridized carbons (Fsp3) is 0.391. The van der Waals surface area contributed by atoms with Gasteiger partial charge >= 0.3 is 0 Å². The van der Waals surface area contributed by atoms with Gasteiger partial charge in [-0.05, 0) is 47.2 Å². The van der Waals surface area contributed by atoms with E-state index in [1.54, 1.807) is 19.1 Å². The molecule has 30 heavy (non-hydrogen) atoms. The number of hydrogen-bond donors (Lipinski definition) is 1. The first-order chi connectivity index (χ1) is 14.0. The van der Waals surface area contributed by atoms with Gasteiger partial charge in [-0.3, -0.25) is 9.59 Å². The zero-order valence-electron chi connectivity index (χ0n) is 18.0. The Morgan fingerprint density at radius 1 is 1.00 bits per heavy atom. The number of amides is 2. The molecule has 6 nitrogen and oxygen atoms in total. The molecule has 1 atom stereocenters. The number of carbonyl (C=O) groups excluding carboxylic acids is 2. The molecule has 0 radical (unpaired) electrons. The van der Waals surface area contributed by atoms with E-state index >= 15 is 0 Å². The van der Waals surface area contributed by atoms with E-state index in [4.69, 9.17) is 0 Å². The highest BCUT2D eigenvalue weighted by Gasteiger charge is 2.41. The zero-order chi connectivity index (χ0) is 22.2. The molecule has 7 heteroatoms. The molecule has 0 aliphatic carbocycles. The Hall–Kier alpha value is -2.67. The summed E-state index contributed by atoms with van der Waals surface area (Å²) in [5.74, 6) is -0.998. The van der Waals surface area contributed by atoms with Gasteiger partial charge in [-0.2, -0.15) is 0 Å². The third kappa shape index (κ3) is 4.12. The van der Waals surface area contributed by atoms with Gasteiger partial charge < -0.3 is 5.32 Å². The lowest BCUT2D eigenvalue weighted by Gasteiger charge is -2.20. The van der Waals surface area contributed by atoms with E-state index in [1.807, 2.05) is 18.2 Å². The van der Waals surface area contributed by atoms with E-state index < -0.39 is 21.8 Å². The van der Waals surface area contributed by atoms with Crippen molar-refractivity contribution in [1.82, 2.24) is 0 Å². The molecule has 160 valence electrons. The van der Waals surface area contributed by atoms with Gasteiger partial charge in [0, 0.05) is 11.3 Å². The average Bonchev–Trinajstić information content (AvgIpc) is 2.88. The van der Waals surface area contributed by atoms with Crippen LogP contribution < -0.4 is 9.62 Å². The Morgan fingerprint density at radius 3 is 1.97 bits per heavy atom. The van der Waals surface area contributed by atoms with Gasteiger partial charge in [-0.25, -0.2) is 12.7 Å². The van der Waals surface area contributed by atoms with Crippen molar-refractivity contribution in [3.8, 4) is 0 Å². The molecule has 1 heterocycles. The lowest BCUT2D eigenvalue weighted by molar-refractivity contribution is -0.119. The molecule has 1 aliphatic rings. The monoisotopic (exact) mass is 428 g/mol. The summed E-state index contributed by atoms with van der Waals surface area (Å²) in [5.41, 5.74) is 3.60. The van der Waals surface area contributed by atoms with Crippen molar-refractivity contribution in [3.63, 3.8) is 0 Å². The van der Waals surface area contributed by atoms with Crippen molar-refractivity contribution in [2.45, 2.75) is 46.5 Å². The minimum absolute atomic E-state index is 0.196. The van der Waals surface area contributed by atoms with Crippen molar-refractivity contribution < 1.29 is 18.0 Å². The number of nitrogens with zero attached hydrogens (tertiary/aromatic N) is 1. The van der Waals surface area contributed by atoms with E-state index in [9.17, 15) is 18.0 Å². The molecular formula is C23H28N2O4S. The van der Waals surface area contributed by atoms with Crippen LogP contribution in [0.3, 0.4) is 0 Å². The SMILES string of the molecule is CC1CS(=O)(=O)N(c2ccc(C(=O)Nc3c(C(C)C)cccc3C(C)C)cc2)C1=O. The summed E-state index contributed by atoms with van der Waals surface area (Å²) in [4.78, 5) is 25.2. The smallest absolute Gasteiger partial charge is 0.255 e. The van der Waals surface area contributed by atoms with E-state index in [2.05, 4.69) is 33.0 Å². The Bertz CT molecular complexity index is 1050. The van der Waals surface area contributed by atoms with Crippen LogP contribution in [0.2, 0.25) is 0 Å². The van der Waals surface area contributed by atoms with Crippen molar-refractivity contribution in [2.75, 3.05) is 15.4 Å². The number of rotatable bonds is 5. The van der Waals surface area contributed by atoms with Crippen LogP contribution in [0.1, 0.15) is 67.9 Å². The third-order valence-corrected chi connectivity index (χ3v) is 7.20. The van der Waals surface area contributed by atoms with Crippen LogP contribution in [0.4, 0.5) is 11.4 Å². The lowest BCUT2D eigenvalue weighted by Crippen LogP contribution is -2.30. The zero-order valence-corrected chi connectivity index (χ0v) is 18.8. The fourth-order valence-corrected chi connectivity index (χ4v) is 5.54. The van der Waals surface area contributed by atoms with E-state index in [0.717, 1.165) is 21.1 Å². The number of para-hydroxylation sites is 1. The number of hydrogen-bond acceptors (Lipinski definition) is 4. The molecule has 3 rings (SSSR count). The number of anilines is 2. The maximum absolute atomic E-state index is 12.9. The Kier molecular flexibility index (Phi) is 6.04. The summed E-state index contributed by atoms with van der Waals surface area (Å²) < 4.78 is 25.4. The molecule has 1 aliphatic heterocycles. The molecule has 0 aromatic heterocycles. The summed E-state index contributed by atoms with van der Waals surface area (Å²) in [7, 11) is -3.67. The van der Waals surface area contributed by atoms with Crippen LogP contribution in [0.25, 0.3) is 0 Å². The highest BCUT2D eigenvalue weighted by atomic mass is 32.2. The molecule has 1 fully saturated rings. The summed E-state index contributed by atoms with van der Waals surface area (Å²) in [6.07, 6.45) is 0. The normalized spacial score (nSPS) is 18.3. The Morgan fingerprint density at radius 2 is 1.53 bits per heavy atom. The number of benzene rings is 2. The van der Waals surface area contributed by atoms with E-state index in [1.165, 1.54) is 12.1 Å². The van der Waals surface area contributed by atoms with Crippen LogP contribution in [-0.4, -0.2) is 26.0 Å². The standard InChI is InChI=1S/C23H28N2O4S/c1-14(2)19-7-6-8-20(15(3)4)21(19)24-22(26)17-9-11-18(12-10-17)25-23(27)16(5)13-30(25,28)29/h6-12,14-16H,13H2,1-5H3,(H,24,26). The number of sulfonamides is 1. The van der Waals surface area contributed by atoms with Crippen LogP contribution in [0.5, 0.6) is 0 Å². The highest BCUT2D eigenvalue weighted by molar-refractivity contribution is 7.94. The third-order valence-electron chi connectivity index (χ3n) is 5.34. The molecule has 0 bridgehead atoms. The molecular weight excluding hydrogens is 400 g/mol. The second-order valence-electron chi connectivity index (χ2n) is 8.40. The lowest BCUT2D eigenvalue weighted by atomic mass is 9.92. The topological polar surface area (TPSA) is 83.6 Å². The van der Waals surface area contributed by atoms with Crippen LogP contribution in [0, 0.1) is 5.92 Å². The Labute approximate surface area is 178 Å². The van der Waals surface area contributed by atoms with Crippen LogP contribution in [0.15, 0.2) is 42.5 Å². The molecule has 1 unspecified atom stereocenters. The molecule has 2 aromatic rings. The van der Waals surface area contributed by atoms with Gasteiger partial charge in [-0.1, -0.05) is 52.8 Å². The van der Waals surface area contributed by atoms with Gasteiger partial charge in [0.05, 0.1) is 17.4 Å². The predicted octanol–water partition coefficient (Wildman–Crippen LogP) is 4.50. The summed E-state index contributed by atoms with van der Waals surface area (Å²) in [5, 5.41) is 3.04. The maximum atomic E-state index is 12.9. The second kappa shape index (κ2) is 8.22. The number of carbonyl (C=O) groups is 2. The fourth-order valence-electron chi connectivity index (χ4n) is 3.72. The second-order valence-corrected chi connectivity index (χ2v) is 10.3. The first kappa shape index (κ1) is 22.0. The first-order valence-corrected chi connectivity index (χ1v) is 11.7. The minimum atomic E-state index is -3.67. The van der Waals surface area contributed by atoms with Crippen LogP contribution in [-0.2, 0) is 14.8 Å². The Balaban J connectivity index is 1.89. The van der Waals surface area contributed by atoms with Gasteiger partial charge in [0.1, 0.15) is 0 Å².